The summed E-state index contributed by atoms with van der Waals surface area (Å²) in [5.74, 6) is 0.596. The Morgan fingerprint density at radius 3 is 2.24 bits per heavy atom. The Kier molecular flexibility index (Phi) is 7.45. The molecule has 5 rings (SSSR count). The lowest BCUT2D eigenvalue weighted by molar-refractivity contribution is -0.274. The molecule has 4 aromatic carbocycles. The van der Waals surface area contributed by atoms with E-state index in [0.717, 1.165) is 33.8 Å². The number of benzene rings is 4. The van der Waals surface area contributed by atoms with E-state index in [1.165, 1.54) is 18.2 Å². The highest BCUT2D eigenvalue weighted by molar-refractivity contribution is 6.36. The minimum Gasteiger partial charge on any atom is -0.406 e. The highest BCUT2D eigenvalue weighted by atomic mass is 35.5. The second kappa shape index (κ2) is 10.9. The molecule has 5 aromatic rings. The van der Waals surface area contributed by atoms with E-state index in [4.69, 9.17) is 28.2 Å². The van der Waals surface area contributed by atoms with Crippen molar-refractivity contribution in [3.8, 4) is 28.1 Å². The van der Waals surface area contributed by atoms with Gasteiger partial charge in [0.25, 0.3) is 0 Å². The Bertz CT molecular complexity index is 1550. The fourth-order valence-corrected chi connectivity index (χ4v) is 4.72. The summed E-state index contributed by atoms with van der Waals surface area (Å²) in [5, 5.41) is 1.08. The molecule has 1 heterocycles. The SMILES string of the molecule is FC(F)(F)Oc1cccc(-c2ccc(Cc3nc(-c4ccc(Cl)cc4Cl)cn3Cc3ccccc3)cc2)c1. The van der Waals surface area contributed by atoms with E-state index in [1.807, 2.05) is 54.7 Å². The summed E-state index contributed by atoms with van der Waals surface area (Å²) in [5.41, 5.74) is 5.09. The molecule has 0 aliphatic heterocycles. The predicted molar refractivity (Wildman–Crippen MR) is 145 cm³/mol. The Morgan fingerprint density at radius 1 is 0.763 bits per heavy atom. The molecule has 0 fully saturated rings. The average molecular weight is 553 g/mol. The standard InChI is InChI=1S/C30H21Cl2F3N2O/c31-24-13-14-26(27(32)17-24)28-19-37(18-21-5-2-1-3-6-21)29(36-28)15-20-9-11-22(12-10-20)23-7-4-8-25(16-23)38-30(33,34)35/h1-14,16-17,19H,15,18H2. The van der Waals surface area contributed by atoms with Gasteiger partial charge in [-0.25, -0.2) is 4.98 Å². The first-order valence-electron chi connectivity index (χ1n) is 11.7. The number of alkyl halides is 3. The van der Waals surface area contributed by atoms with Crippen LogP contribution in [0.4, 0.5) is 13.2 Å². The molecule has 192 valence electrons. The first kappa shape index (κ1) is 25.9. The summed E-state index contributed by atoms with van der Waals surface area (Å²) >= 11 is 12.5. The van der Waals surface area contributed by atoms with E-state index in [0.29, 0.717) is 28.6 Å². The number of halogens is 5. The van der Waals surface area contributed by atoms with Crippen LogP contribution in [-0.2, 0) is 13.0 Å². The average Bonchev–Trinajstić information content (AvgIpc) is 3.25. The lowest BCUT2D eigenvalue weighted by Gasteiger charge is -2.11. The summed E-state index contributed by atoms with van der Waals surface area (Å²) in [6, 6.07) is 29.0. The molecule has 38 heavy (non-hydrogen) atoms. The van der Waals surface area contributed by atoms with E-state index in [9.17, 15) is 13.2 Å². The van der Waals surface area contributed by atoms with Crippen LogP contribution in [0.15, 0.2) is 103 Å². The summed E-state index contributed by atoms with van der Waals surface area (Å²) in [4.78, 5) is 4.90. The molecular weight excluding hydrogens is 532 g/mol. The van der Waals surface area contributed by atoms with Crippen LogP contribution in [0.2, 0.25) is 10.0 Å². The van der Waals surface area contributed by atoms with Crippen LogP contribution < -0.4 is 4.74 Å². The molecule has 0 radical (unpaired) electrons. The molecule has 3 nitrogen and oxygen atoms in total. The monoisotopic (exact) mass is 552 g/mol. The van der Waals surface area contributed by atoms with Gasteiger partial charge in [0.2, 0.25) is 0 Å². The summed E-state index contributed by atoms with van der Waals surface area (Å²) in [6.07, 6.45) is -2.20. The lowest BCUT2D eigenvalue weighted by atomic mass is 10.0. The van der Waals surface area contributed by atoms with Crippen LogP contribution in [0.25, 0.3) is 22.4 Å². The molecule has 0 aliphatic rings. The summed E-state index contributed by atoms with van der Waals surface area (Å²) < 4.78 is 44.0. The molecule has 0 aliphatic carbocycles. The topological polar surface area (TPSA) is 27.1 Å². The Morgan fingerprint density at radius 2 is 1.53 bits per heavy atom. The third-order valence-corrected chi connectivity index (χ3v) is 6.53. The maximum Gasteiger partial charge on any atom is 0.573 e. The highest BCUT2D eigenvalue weighted by Gasteiger charge is 2.31. The van der Waals surface area contributed by atoms with Crippen molar-refractivity contribution in [2.24, 2.45) is 0 Å². The van der Waals surface area contributed by atoms with Crippen molar-refractivity contribution in [3.05, 3.63) is 130 Å². The second-order valence-corrected chi connectivity index (χ2v) is 9.57. The van der Waals surface area contributed by atoms with Crippen LogP contribution in [-0.4, -0.2) is 15.9 Å². The van der Waals surface area contributed by atoms with Crippen LogP contribution >= 0.6 is 23.2 Å². The second-order valence-electron chi connectivity index (χ2n) is 8.73. The molecule has 1 aromatic heterocycles. The van der Waals surface area contributed by atoms with Gasteiger partial charge in [-0.2, -0.15) is 0 Å². The van der Waals surface area contributed by atoms with Gasteiger partial charge in [0.1, 0.15) is 11.6 Å². The van der Waals surface area contributed by atoms with Gasteiger partial charge in [-0.15, -0.1) is 13.2 Å². The first-order valence-corrected chi connectivity index (χ1v) is 12.5. The lowest BCUT2D eigenvalue weighted by Crippen LogP contribution is -2.17. The van der Waals surface area contributed by atoms with Crippen molar-refractivity contribution in [1.82, 2.24) is 9.55 Å². The molecular formula is C30H21Cl2F3N2O. The maximum absolute atomic E-state index is 12.6. The van der Waals surface area contributed by atoms with Gasteiger partial charge in [0.05, 0.1) is 10.7 Å². The Balaban J connectivity index is 1.42. The largest absolute Gasteiger partial charge is 0.573 e. The summed E-state index contributed by atoms with van der Waals surface area (Å²) in [6.45, 7) is 0.637. The molecule has 0 N–H and O–H groups in total. The van der Waals surface area contributed by atoms with Crippen molar-refractivity contribution in [1.29, 1.82) is 0 Å². The zero-order valence-electron chi connectivity index (χ0n) is 19.9. The third kappa shape index (κ3) is 6.39. The van der Waals surface area contributed by atoms with Crippen LogP contribution in [0, 0.1) is 0 Å². The molecule has 0 unspecified atom stereocenters. The van der Waals surface area contributed by atoms with Gasteiger partial charge in [0, 0.05) is 29.7 Å². The molecule has 0 saturated heterocycles. The van der Waals surface area contributed by atoms with Gasteiger partial charge in [0.15, 0.2) is 0 Å². The van der Waals surface area contributed by atoms with E-state index in [2.05, 4.69) is 21.4 Å². The smallest absolute Gasteiger partial charge is 0.406 e. The molecule has 8 heteroatoms. The van der Waals surface area contributed by atoms with Gasteiger partial charge in [-0.1, -0.05) is 89.9 Å². The van der Waals surface area contributed by atoms with E-state index >= 15 is 0 Å². The number of aromatic nitrogens is 2. The number of rotatable bonds is 7. The Hall–Kier alpha value is -3.74. The highest BCUT2D eigenvalue weighted by Crippen LogP contribution is 2.31. The number of hydrogen-bond donors (Lipinski definition) is 0. The van der Waals surface area contributed by atoms with Crippen LogP contribution in [0.1, 0.15) is 17.0 Å². The van der Waals surface area contributed by atoms with E-state index < -0.39 is 6.36 Å². The van der Waals surface area contributed by atoms with Crippen molar-refractivity contribution < 1.29 is 17.9 Å². The summed E-state index contributed by atoms with van der Waals surface area (Å²) in [7, 11) is 0. The van der Waals surface area contributed by atoms with E-state index in [1.54, 1.807) is 18.2 Å². The first-order chi connectivity index (χ1) is 18.2. The Labute approximate surface area is 228 Å². The van der Waals surface area contributed by atoms with Gasteiger partial charge in [-0.3, -0.25) is 0 Å². The quantitative estimate of drug-likeness (QED) is 0.201. The third-order valence-electron chi connectivity index (χ3n) is 5.98. The zero-order chi connectivity index (χ0) is 26.7. The number of imidazole rings is 1. The van der Waals surface area contributed by atoms with Crippen molar-refractivity contribution >= 4 is 23.2 Å². The van der Waals surface area contributed by atoms with E-state index in [-0.39, 0.29) is 5.75 Å². The number of hydrogen-bond acceptors (Lipinski definition) is 2. The maximum atomic E-state index is 12.6. The normalized spacial score (nSPS) is 11.5. The fourth-order valence-electron chi connectivity index (χ4n) is 4.21. The molecule has 0 spiro atoms. The van der Waals surface area contributed by atoms with Crippen LogP contribution in [0.5, 0.6) is 5.75 Å². The van der Waals surface area contributed by atoms with Crippen molar-refractivity contribution in [2.45, 2.75) is 19.3 Å². The van der Waals surface area contributed by atoms with Gasteiger partial charge in [-0.05, 0) is 52.6 Å². The van der Waals surface area contributed by atoms with Gasteiger partial charge < -0.3 is 9.30 Å². The van der Waals surface area contributed by atoms with Gasteiger partial charge >= 0.3 is 6.36 Å². The fraction of sp³-hybridized carbons (Fsp3) is 0.100. The molecule has 0 atom stereocenters. The molecule has 0 saturated carbocycles. The van der Waals surface area contributed by atoms with Crippen molar-refractivity contribution in [2.75, 3.05) is 0 Å². The molecule has 0 bridgehead atoms. The predicted octanol–water partition coefficient (Wildman–Crippen LogP) is 9.06. The van der Waals surface area contributed by atoms with Crippen LogP contribution in [0.3, 0.4) is 0 Å². The zero-order valence-corrected chi connectivity index (χ0v) is 21.4. The minimum atomic E-state index is -4.74. The molecule has 0 amide bonds. The van der Waals surface area contributed by atoms with Crippen molar-refractivity contribution in [3.63, 3.8) is 0 Å². The number of ether oxygens (including phenoxy) is 1. The number of nitrogens with zero attached hydrogens (tertiary/aromatic N) is 2. The minimum absolute atomic E-state index is 0.254.